The fourth-order valence-corrected chi connectivity index (χ4v) is 3.51. The number of hydrogen-bond donors (Lipinski definition) is 1. The predicted octanol–water partition coefficient (Wildman–Crippen LogP) is 2.49. The van der Waals surface area contributed by atoms with Crippen LogP contribution in [-0.2, 0) is 16.1 Å². The highest BCUT2D eigenvalue weighted by Crippen LogP contribution is 2.21. The molecular formula is C22H29N3O5. The Morgan fingerprint density at radius 1 is 1.20 bits per heavy atom. The third kappa shape index (κ3) is 5.38. The molecule has 0 saturated carbocycles. The van der Waals surface area contributed by atoms with Crippen LogP contribution in [0, 0.1) is 19.8 Å². The zero-order chi connectivity index (χ0) is 21.5. The van der Waals surface area contributed by atoms with Gasteiger partial charge in [0.2, 0.25) is 5.91 Å². The number of amides is 2. The molecule has 2 heterocycles. The number of nitrogens with one attached hydrogen (secondary N) is 1. The highest BCUT2D eigenvalue weighted by Gasteiger charge is 2.27. The summed E-state index contributed by atoms with van der Waals surface area (Å²) in [6.45, 7) is 6.27. The van der Waals surface area contributed by atoms with Gasteiger partial charge < -0.3 is 24.2 Å². The Morgan fingerprint density at radius 3 is 2.50 bits per heavy atom. The molecule has 1 aromatic carbocycles. The number of hydrogen-bond acceptors (Lipinski definition) is 6. The van der Waals surface area contributed by atoms with Crippen LogP contribution in [0.25, 0.3) is 0 Å². The number of ether oxygens (including phenoxy) is 2. The van der Waals surface area contributed by atoms with Crippen LogP contribution in [0.15, 0.2) is 28.8 Å². The second-order valence-electron chi connectivity index (χ2n) is 7.47. The van der Waals surface area contributed by atoms with Gasteiger partial charge in [-0.25, -0.2) is 0 Å². The molecule has 1 N–H and O–H groups in total. The largest absolute Gasteiger partial charge is 0.489 e. The highest BCUT2D eigenvalue weighted by molar-refractivity contribution is 5.94. The number of carbonyl (C=O) groups excluding carboxylic acids is 2. The third-order valence-corrected chi connectivity index (χ3v) is 5.42. The lowest BCUT2D eigenvalue weighted by atomic mass is 9.95. The van der Waals surface area contributed by atoms with E-state index in [1.807, 2.05) is 13.8 Å². The van der Waals surface area contributed by atoms with Gasteiger partial charge in [-0.15, -0.1) is 0 Å². The SMILES string of the molecule is COCCNC(=O)C1CCN(C(=O)c2ccc(OCc3c(C)noc3C)cc2)CC1. The summed E-state index contributed by atoms with van der Waals surface area (Å²) in [6, 6.07) is 7.13. The minimum absolute atomic E-state index is 0.0227. The van der Waals surface area contributed by atoms with Crippen LogP contribution < -0.4 is 10.1 Å². The fraction of sp³-hybridized carbons (Fsp3) is 0.500. The first-order valence-electron chi connectivity index (χ1n) is 10.2. The first-order chi connectivity index (χ1) is 14.5. The summed E-state index contributed by atoms with van der Waals surface area (Å²) >= 11 is 0. The van der Waals surface area contributed by atoms with E-state index in [0.717, 1.165) is 17.0 Å². The van der Waals surface area contributed by atoms with E-state index in [4.69, 9.17) is 14.0 Å². The number of rotatable bonds is 8. The summed E-state index contributed by atoms with van der Waals surface area (Å²) in [4.78, 5) is 26.7. The Hall–Kier alpha value is -2.87. The van der Waals surface area contributed by atoms with Gasteiger partial charge in [0, 0.05) is 38.2 Å². The average Bonchev–Trinajstić information content (AvgIpc) is 3.09. The maximum atomic E-state index is 12.8. The van der Waals surface area contributed by atoms with E-state index in [0.29, 0.717) is 57.0 Å². The van der Waals surface area contributed by atoms with E-state index in [9.17, 15) is 9.59 Å². The van der Waals surface area contributed by atoms with E-state index in [2.05, 4.69) is 10.5 Å². The molecule has 162 valence electrons. The summed E-state index contributed by atoms with van der Waals surface area (Å²) in [5.41, 5.74) is 2.36. The highest BCUT2D eigenvalue weighted by atomic mass is 16.5. The van der Waals surface area contributed by atoms with E-state index in [1.165, 1.54) is 0 Å². The number of nitrogens with zero attached hydrogens (tertiary/aromatic N) is 2. The molecular weight excluding hydrogens is 386 g/mol. The van der Waals surface area contributed by atoms with Gasteiger partial charge in [0.05, 0.1) is 17.9 Å². The van der Waals surface area contributed by atoms with Gasteiger partial charge in [-0.05, 0) is 51.0 Å². The van der Waals surface area contributed by atoms with Gasteiger partial charge in [0.25, 0.3) is 5.91 Å². The molecule has 1 fully saturated rings. The summed E-state index contributed by atoms with van der Waals surface area (Å²) in [7, 11) is 1.60. The fourth-order valence-electron chi connectivity index (χ4n) is 3.51. The van der Waals surface area contributed by atoms with Crippen LogP contribution in [0.4, 0.5) is 0 Å². The molecule has 0 spiro atoms. The molecule has 3 rings (SSSR count). The predicted molar refractivity (Wildman–Crippen MR) is 110 cm³/mol. The molecule has 0 atom stereocenters. The lowest BCUT2D eigenvalue weighted by Gasteiger charge is -2.31. The Labute approximate surface area is 176 Å². The van der Waals surface area contributed by atoms with Crippen LogP contribution >= 0.6 is 0 Å². The Morgan fingerprint density at radius 2 is 1.90 bits per heavy atom. The lowest BCUT2D eigenvalue weighted by molar-refractivity contribution is -0.126. The number of likely N-dealkylation sites (tertiary alicyclic amines) is 1. The second kappa shape index (κ2) is 10.2. The van der Waals surface area contributed by atoms with Crippen LogP contribution in [0.1, 0.15) is 40.2 Å². The van der Waals surface area contributed by atoms with Gasteiger partial charge >= 0.3 is 0 Å². The van der Waals surface area contributed by atoms with Crippen molar-refractivity contribution in [2.45, 2.75) is 33.3 Å². The van der Waals surface area contributed by atoms with Gasteiger partial charge in [-0.1, -0.05) is 5.16 Å². The van der Waals surface area contributed by atoms with Crippen molar-refractivity contribution in [1.82, 2.24) is 15.4 Å². The topological polar surface area (TPSA) is 93.9 Å². The minimum Gasteiger partial charge on any atom is -0.489 e. The van der Waals surface area contributed by atoms with E-state index < -0.39 is 0 Å². The second-order valence-corrected chi connectivity index (χ2v) is 7.47. The maximum Gasteiger partial charge on any atom is 0.253 e. The molecule has 0 bridgehead atoms. The first-order valence-corrected chi connectivity index (χ1v) is 10.2. The zero-order valence-corrected chi connectivity index (χ0v) is 17.8. The third-order valence-electron chi connectivity index (χ3n) is 5.42. The molecule has 2 amide bonds. The van der Waals surface area contributed by atoms with Crippen molar-refractivity contribution in [3.8, 4) is 5.75 Å². The normalized spacial score (nSPS) is 14.6. The maximum absolute atomic E-state index is 12.8. The van der Waals surface area contributed by atoms with Crippen LogP contribution in [0.2, 0.25) is 0 Å². The summed E-state index contributed by atoms with van der Waals surface area (Å²) in [5.74, 6) is 1.39. The van der Waals surface area contributed by atoms with Crippen LogP contribution in [-0.4, -0.2) is 55.2 Å². The summed E-state index contributed by atoms with van der Waals surface area (Å²) < 4.78 is 15.9. The average molecular weight is 415 g/mol. The number of aromatic nitrogens is 1. The Kier molecular flexibility index (Phi) is 7.46. The molecule has 0 unspecified atom stereocenters. The van der Waals surface area contributed by atoms with Crippen molar-refractivity contribution in [1.29, 1.82) is 0 Å². The number of benzene rings is 1. The number of piperidine rings is 1. The number of methoxy groups -OCH3 is 1. The molecule has 1 aromatic heterocycles. The standard InChI is InChI=1S/C22H29N3O5/c1-15-20(16(2)30-24-15)14-29-19-6-4-18(5-7-19)22(27)25-11-8-17(9-12-25)21(26)23-10-13-28-3/h4-7,17H,8-14H2,1-3H3,(H,23,26). The van der Waals surface area contributed by atoms with Crippen molar-refractivity contribution in [2.24, 2.45) is 5.92 Å². The zero-order valence-electron chi connectivity index (χ0n) is 17.8. The van der Waals surface area contributed by atoms with E-state index in [1.54, 1.807) is 36.3 Å². The number of carbonyl (C=O) groups is 2. The quantitative estimate of drug-likeness (QED) is 0.666. The molecule has 1 aliphatic heterocycles. The smallest absolute Gasteiger partial charge is 0.253 e. The minimum atomic E-state index is -0.0500. The number of aryl methyl sites for hydroxylation is 2. The van der Waals surface area contributed by atoms with Crippen molar-refractivity contribution in [3.05, 3.63) is 46.8 Å². The molecule has 0 radical (unpaired) electrons. The van der Waals surface area contributed by atoms with E-state index in [-0.39, 0.29) is 17.7 Å². The van der Waals surface area contributed by atoms with Crippen molar-refractivity contribution >= 4 is 11.8 Å². The molecule has 1 aliphatic rings. The van der Waals surface area contributed by atoms with Gasteiger partial charge in [0.1, 0.15) is 18.1 Å². The molecule has 0 aliphatic carbocycles. The van der Waals surface area contributed by atoms with Gasteiger partial charge in [0.15, 0.2) is 0 Å². The first kappa shape index (κ1) is 21.8. The van der Waals surface area contributed by atoms with Crippen LogP contribution in [0.5, 0.6) is 5.75 Å². The molecule has 2 aromatic rings. The Balaban J connectivity index is 1.48. The lowest BCUT2D eigenvalue weighted by Crippen LogP contribution is -2.43. The van der Waals surface area contributed by atoms with Gasteiger partial charge in [-0.2, -0.15) is 0 Å². The van der Waals surface area contributed by atoms with E-state index >= 15 is 0 Å². The van der Waals surface area contributed by atoms with Gasteiger partial charge in [-0.3, -0.25) is 9.59 Å². The Bertz CT molecular complexity index is 835. The monoisotopic (exact) mass is 415 g/mol. The molecule has 8 heteroatoms. The van der Waals surface area contributed by atoms with Crippen LogP contribution in [0.3, 0.4) is 0 Å². The van der Waals surface area contributed by atoms with Crippen molar-refractivity contribution < 1.29 is 23.6 Å². The summed E-state index contributed by atoms with van der Waals surface area (Å²) in [5, 5.41) is 6.79. The molecule has 30 heavy (non-hydrogen) atoms. The molecule has 8 nitrogen and oxygen atoms in total. The molecule has 1 saturated heterocycles. The van der Waals surface area contributed by atoms with Crippen molar-refractivity contribution in [3.63, 3.8) is 0 Å². The summed E-state index contributed by atoms with van der Waals surface area (Å²) in [6.07, 6.45) is 1.34. The van der Waals surface area contributed by atoms with Crippen molar-refractivity contribution in [2.75, 3.05) is 33.4 Å².